The third-order valence-corrected chi connectivity index (χ3v) is 6.07. The number of nitrogens with zero attached hydrogens (tertiary/aromatic N) is 4. The van der Waals surface area contributed by atoms with E-state index in [-0.39, 0.29) is 5.56 Å². The van der Waals surface area contributed by atoms with Crippen LogP contribution < -0.4 is 4.90 Å². The van der Waals surface area contributed by atoms with Gasteiger partial charge in [-0.2, -0.15) is 0 Å². The van der Waals surface area contributed by atoms with Crippen LogP contribution in [0.5, 0.6) is 0 Å². The first-order valence-electron chi connectivity index (χ1n) is 10.4. The molecule has 3 heterocycles. The number of hydrogen-bond acceptors (Lipinski definition) is 4. The van der Waals surface area contributed by atoms with Gasteiger partial charge in [-0.25, -0.2) is 14.8 Å². The summed E-state index contributed by atoms with van der Waals surface area (Å²) in [6.07, 6.45) is 12.3. The first-order valence-corrected chi connectivity index (χ1v) is 10.4. The van der Waals surface area contributed by atoms with Crippen LogP contribution in [0.15, 0.2) is 42.9 Å². The lowest BCUT2D eigenvalue weighted by Gasteiger charge is -2.32. The zero-order valence-corrected chi connectivity index (χ0v) is 16.9. The van der Waals surface area contributed by atoms with E-state index in [0.29, 0.717) is 5.95 Å². The first kappa shape index (κ1) is 19.4. The van der Waals surface area contributed by atoms with Crippen LogP contribution in [-0.2, 0) is 13.5 Å². The van der Waals surface area contributed by atoms with E-state index < -0.39 is 5.97 Å². The van der Waals surface area contributed by atoms with Gasteiger partial charge in [-0.3, -0.25) is 0 Å². The lowest BCUT2D eigenvalue weighted by Crippen LogP contribution is -2.34. The fraction of sp³-hybridized carbons (Fsp3) is 0.435. The lowest BCUT2D eigenvalue weighted by molar-refractivity contribution is 0.0696. The smallest absolute Gasteiger partial charge is 0.338 e. The molecule has 1 saturated heterocycles. The van der Waals surface area contributed by atoms with E-state index in [9.17, 15) is 4.79 Å². The molecule has 152 valence electrons. The minimum atomic E-state index is -0.987. The number of fused-ring (bicyclic) bond motifs is 1. The third kappa shape index (κ3) is 4.42. The van der Waals surface area contributed by atoms with Gasteiger partial charge >= 0.3 is 5.97 Å². The quantitative estimate of drug-likeness (QED) is 0.607. The van der Waals surface area contributed by atoms with E-state index in [4.69, 9.17) is 5.11 Å². The number of carbonyl (C=O) groups is 1. The number of rotatable bonds is 7. The van der Waals surface area contributed by atoms with Crippen LogP contribution >= 0.6 is 0 Å². The number of anilines is 1. The fourth-order valence-corrected chi connectivity index (χ4v) is 4.39. The van der Waals surface area contributed by atoms with Gasteiger partial charge in [0.05, 0.1) is 5.56 Å². The van der Waals surface area contributed by atoms with E-state index in [1.54, 1.807) is 0 Å². The minimum Gasteiger partial charge on any atom is -0.478 e. The van der Waals surface area contributed by atoms with Crippen molar-refractivity contribution in [1.82, 2.24) is 14.5 Å². The second-order valence-corrected chi connectivity index (χ2v) is 8.04. The summed E-state index contributed by atoms with van der Waals surface area (Å²) in [7, 11) is 2.12. The molecule has 0 radical (unpaired) electrons. The van der Waals surface area contributed by atoms with Crippen LogP contribution in [0.4, 0.5) is 5.95 Å². The van der Waals surface area contributed by atoms with Gasteiger partial charge < -0.3 is 14.6 Å². The van der Waals surface area contributed by atoms with Crippen LogP contribution in [0, 0.1) is 5.92 Å². The normalized spacial score (nSPS) is 15.1. The average Bonchev–Trinajstić information content (AvgIpc) is 3.08. The Morgan fingerprint density at radius 1 is 1.14 bits per heavy atom. The van der Waals surface area contributed by atoms with Gasteiger partial charge in [-0.05, 0) is 43.2 Å². The van der Waals surface area contributed by atoms with Gasteiger partial charge in [0.15, 0.2) is 0 Å². The lowest BCUT2D eigenvalue weighted by atomic mass is 9.91. The van der Waals surface area contributed by atoms with Gasteiger partial charge in [0.2, 0.25) is 5.95 Å². The summed E-state index contributed by atoms with van der Waals surface area (Å²) in [4.78, 5) is 21.5. The molecule has 6 nitrogen and oxygen atoms in total. The molecule has 0 unspecified atom stereocenters. The van der Waals surface area contributed by atoms with Crippen LogP contribution in [0.1, 0.15) is 48.0 Å². The highest BCUT2D eigenvalue weighted by Crippen LogP contribution is 2.26. The number of piperidine rings is 1. The van der Waals surface area contributed by atoms with Crippen molar-refractivity contribution in [3.8, 4) is 0 Å². The molecule has 0 spiro atoms. The SMILES string of the molecule is Cn1cc(CCCCC2CCN(c3ncc(C(=O)O)cn3)CC2)c2ccccc21. The maximum absolute atomic E-state index is 10.9. The van der Waals surface area contributed by atoms with E-state index in [2.05, 4.69) is 56.9 Å². The zero-order valence-electron chi connectivity index (χ0n) is 16.9. The second kappa shape index (κ2) is 8.64. The number of aryl methyl sites for hydroxylation is 2. The van der Waals surface area contributed by atoms with Crippen molar-refractivity contribution < 1.29 is 9.90 Å². The van der Waals surface area contributed by atoms with Gasteiger partial charge in [0.1, 0.15) is 0 Å². The minimum absolute atomic E-state index is 0.134. The summed E-state index contributed by atoms with van der Waals surface area (Å²) in [5, 5.41) is 10.3. The summed E-state index contributed by atoms with van der Waals surface area (Å²) in [6.45, 7) is 1.89. The molecular weight excluding hydrogens is 364 g/mol. The van der Waals surface area contributed by atoms with Crippen molar-refractivity contribution in [1.29, 1.82) is 0 Å². The molecule has 29 heavy (non-hydrogen) atoms. The Hall–Kier alpha value is -2.89. The van der Waals surface area contributed by atoms with Crippen molar-refractivity contribution in [3.63, 3.8) is 0 Å². The van der Waals surface area contributed by atoms with Crippen LogP contribution in [0.3, 0.4) is 0 Å². The molecule has 0 atom stereocenters. The van der Waals surface area contributed by atoms with Crippen molar-refractivity contribution in [2.75, 3.05) is 18.0 Å². The number of hydrogen-bond donors (Lipinski definition) is 1. The molecule has 1 aromatic carbocycles. The molecular formula is C23H28N4O2. The Kier molecular flexibility index (Phi) is 5.79. The molecule has 0 aliphatic carbocycles. The second-order valence-electron chi connectivity index (χ2n) is 8.04. The highest BCUT2D eigenvalue weighted by atomic mass is 16.4. The molecule has 1 fully saturated rings. The molecule has 2 aromatic heterocycles. The largest absolute Gasteiger partial charge is 0.478 e. The average molecular weight is 393 g/mol. The molecule has 6 heteroatoms. The van der Waals surface area contributed by atoms with E-state index in [1.807, 2.05) is 0 Å². The summed E-state index contributed by atoms with van der Waals surface area (Å²) in [5.74, 6) is 0.417. The molecule has 0 saturated carbocycles. The number of aromatic carboxylic acids is 1. The summed E-state index contributed by atoms with van der Waals surface area (Å²) < 4.78 is 2.23. The highest BCUT2D eigenvalue weighted by molar-refractivity contribution is 5.86. The van der Waals surface area contributed by atoms with Crippen molar-refractivity contribution >= 4 is 22.8 Å². The molecule has 3 aromatic rings. The van der Waals surface area contributed by atoms with Gasteiger partial charge in [0.25, 0.3) is 0 Å². The Morgan fingerprint density at radius 2 is 1.86 bits per heavy atom. The van der Waals surface area contributed by atoms with Crippen molar-refractivity contribution in [2.45, 2.75) is 38.5 Å². The Morgan fingerprint density at radius 3 is 2.59 bits per heavy atom. The molecule has 1 aliphatic heterocycles. The summed E-state index contributed by atoms with van der Waals surface area (Å²) >= 11 is 0. The molecule has 0 amide bonds. The monoisotopic (exact) mass is 392 g/mol. The first-order chi connectivity index (χ1) is 14.1. The molecule has 4 rings (SSSR count). The van der Waals surface area contributed by atoms with Gasteiger partial charge in [-0.1, -0.05) is 31.0 Å². The molecule has 1 aliphatic rings. The van der Waals surface area contributed by atoms with Crippen LogP contribution in [0.25, 0.3) is 10.9 Å². The van der Waals surface area contributed by atoms with Crippen LogP contribution in [0.2, 0.25) is 0 Å². The highest BCUT2D eigenvalue weighted by Gasteiger charge is 2.21. The number of unbranched alkanes of at least 4 members (excludes halogenated alkanes) is 1. The third-order valence-electron chi connectivity index (χ3n) is 6.07. The number of para-hydroxylation sites is 1. The molecule has 1 N–H and O–H groups in total. The van der Waals surface area contributed by atoms with Gasteiger partial charge in [0, 0.05) is 49.6 Å². The number of aromatic nitrogens is 3. The molecule has 0 bridgehead atoms. The Balaban J connectivity index is 1.21. The standard InChI is InChI=1S/C23H28N4O2/c1-26-16-18(20-8-4-5-9-21(20)26)7-3-2-6-17-10-12-27(13-11-17)23-24-14-19(15-25-23)22(28)29/h4-5,8-9,14-17H,2-3,6-7,10-13H2,1H3,(H,28,29). The zero-order chi connectivity index (χ0) is 20.2. The maximum Gasteiger partial charge on any atom is 0.338 e. The van der Waals surface area contributed by atoms with E-state index in [1.165, 1.54) is 48.1 Å². The van der Waals surface area contributed by atoms with E-state index >= 15 is 0 Å². The Labute approximate surface area is 171 Å². The van der Waals surface area contributed by atoms with Crippen LogP contribution in [-0.4, -0.2) is 38.7 Å². The number of benzene rings is 1. The van der Waals surface area contributed by atoms with Crippen molar-refractivity contribution in [3.05, 3.63) is 54.0 Å². The Bertz CT molecular complexity index is 972. The predicted octanol–water partition coefficient (Wildman–Crippen LogP) is 4.30. The summed E-state index contributed by atoms with van der Waals surface area (Å²) in [6, 6.07) is 8.64. The van der Waals surface area contributed by atoms with Gasteiger partial charge in [-0.15, -0.1) is 0 Å². The maximum atomic E-state index is 10.9. The number of carboxylic acids is 1. The number of carboxylic acid groups (broad SMARTS) is 1. The topological polar surface area (TPSA) is 71.2 Å². The fourth-order valence-electron chi connectivity index (χ4n) is 4.39. The summed E-state index contributed by atoms with van der Waals surface area (Å²) in [5.41, 5.74) is 2.91. The predicted molar refractivity (Wildman–Crippen MR) is 114 cm³/mol. The van der Waals surface area contributed by atoms with Crippen molar-refractivity contribution in [2.24, 2.45) is 13.0 Å². The van der Waals surface area contributed by atoms with E-state index in [0.717, 1.165) is 38.3 Å².